The van der Waals surface area contributed by atoms with E-state index in [2.05, 4.69) is 0 Å². The van der Waals surface area contributed by atoms with Crippen LogP contribution in [-0.4, -0.2) is 11.5 Å². The number of halogens is 1. The lowest BCUT2D eigenvalue weighted by Gasteiger charge is -2.42. The van der Waals surface area contributed by atoms with Gasteiger partial charge in [-0.25, -0.2) is 4.39 Å². The van der Waals surface area contributed by atoms with Gasteiger partial charge in [0.1, 0.15) is 18.0 Å². The molecule has 2 N–H and O–H groups in total. The third kappa shape index (κ3) is 3.02. The molecule has 1 saturated carbocycles. The molecule has 3 rings (SSSR count). The molecule has 1 aliphatic carbocycles. The highest BCUT2D eigenvalue weighted by atomic mass is 19.1. The molecule has 1 fully saturated rings. The van der Waals surface area contributed by atoms with Gasteiger partial charge in [0.05, 0.1) is 0 Å². The van der Waals surface area contributed by atoms with E-state index >= 15 is 0 Å². The summed E-state index contributed by atoms with van der Waals surface area (Å²) in [5.41, 5.74) is 7.15. The van der Waals surface area contributed by atoms with Crippen molar-refractivity contribution in [1.29, 1.82) is 0 Å². The maximum Gasteiger partial charge on any atom is 0.326 e. The lowest BCUT2D eigenvalue weighted by molar-refractivity contribution is -0.155. The number of benzene rings is 2. The van der Waals surface area contributed by atoms with Crippen molar-refractivity contribution in [2.45, 2.75) is 30.9 Å². The highest BCUT2D eigenvalue weighted by Gasteiger charge is 2.48. The normalized spacial score (nSPS) is 23.6. The van der Waals surface area contributed by atoms with Crippen LogP contribution in [0.3, 0.4) is 0 Å². The molecular formula is C18H18FNO2. The average molecular weight is 299 g/mol. The van der Waals surface area contributed by atoms with E-state index in [4.69, 9.17) is 10.5 Å². The van der Waals surface area contributed by atoms with Gasteiger partial charge in [-0.3, -0.25) is 4.79 Å². The predicted molar refractivity (Wildman–Crippen MR) is 81.5 cm³/mol. The zero-order chi connectivity index (χ0) is 15.6. The van der Waals surface area contributed by atoms with Gasteiger partial charge in [0.2, 0.25) is 0 Å². The monoisotopic (exact) mass is 299 g/mol. The number of carbonyl (C=O) groups is 1. The number of hydrogen-bond donors (Lipinski definition) is 1. The molecule has 4 heteroatoms. The fourth-order valence-corrected chi connectivity index (χ4v) is 2.82. The van der Waals surface area contributed by atoms with Crippen molar-refractivity contribution >= 4 is 5.97 Å². The molecule has 0 aliphatic heterocycles. The highest BCUT2D eigenvalue weighted by Crippen LogP contribution is 2.43. The Kier molecular flexibility index (Phi) is 3.94. The van der Waals surface area contributed by atoms with Crippen molar-refractivity contribution in [1.82, 2.24) is 0 Å². The first-order valence-corrected chi connectivity index (χ1v) is 7.32. The van der Waals surface area contributed by atoms with Gasteiger partial charge in [-0.05, 0) is 42.0 Å². The fraction of sp³-hybridized carbons (Fsp3) is 0.278. The van der Waals surface area contributed by atoms with Crippen LogP contribution in [0.1, 0.15) is 29.9 Å². The number of esters is 1. The van der Waals surface area contributed by atoms with Crippen molar-refractivity contribution in [3.63, 3.8) is 0 Å². The van der Waals surface area contributed by atoms with Crippen molar-refractivity contribution in [2.75, 3.05) is 0 Å². The second-order valence-corrected chi connectivity index (χ2v) is 5.87. The van der Waals surface area contributed by atoms with Gasteiger partial charge in [0, 0.05) is 0 Å². The fourth-order valence-electron chi connectivity index (χ4n) is 2.82. The molecule has 0 atom stereocenters. The minimum atomic E-state index is -0.923. The number of ether oxygens (including phenoxy) is 1. The second kappa shape index (κ2) is 5.89. The Hall–Kier alpha value is -2.20. The summed E-state index contributed by atoms with van der Waals surface area (Å²) < 4.78 is 18.2. The van der Waals surface area contributed by atoms with Crippen LogP contribution in [0.5, 0.6) is 0 Å². The quantitative estimate of drug-likeness (QED) is 0.882. The zero-order valence-corrected chi connectivity index (χ0v) is 12.2. The Morgan fingerprint density at radius 2 is 1.77 bits per heavy atom. The van der Waals surface area contributed by atoms with Gasteiger partial charge in [0.15, 0.2) is 0 Å². The smallest absolute Gasteiger partial charge is 0.326 e. The first-order chi connectivity index (χ1) is 10.6. The third-order valence-corrected chi connectivity index (χ3v) is 4.18. The lowest BCUT2D eigenvalue weighted by atomic mass is 9.66. The number of carbonyl (C=O) groups excluding carboxylic acids is 1. The minimum Gasteiger partial charge on any atom is -0.459 e. The Labute approximate surface area is 128 Å². The maximum atomic E-state index is 12.9. The highest BCUT2D eigenvalue weighted by molar-refractivity contribution is 5.82. The third-order valence-electron chi connectivity index (χ3n) is 4.18. The molecule has 0 radical (unpaired) electrons. The second-order valence-electron chi connectivity index (χ2n) is 5.87. The first-order valence-electron chi connectivity index (χ1n) is 7.32. The molecule has 0 amide bonds. The Morgan fingerprint density at radius 3 is 2.41 bits per heavy atom. The zero-order valence-electron chi connectivity index (χ0n) is 12.2. The molecule has 0 bridgehead atoms. The van der Waals surface area contributed by atoms with E-state index in [9.17, 15) is 9.18 Å². The van der Waals surface area contributed by atoms with Crippen molar-refractivity contribution < 1.29 is 13.9 Å². The Morgan fingerprint density at radius 1 is 1.14 bits per heavy atom. The molecule has 0 saturated heterocycles. The summed E-state index contributed by atoms with van der Waals surface area (Å²) in [6.45, 7) is 0.236. The van der Waals surface area contributed by atoms with Crippen LogP contribution >= 0.6 is 0 Å². The molecule has 114 valence electrons. The van der Waals surface area contributed by atoms with E-state index in [1.807, 2.05) is 30.3 Å². The summed E-state index contributed by atoms with van der Waals surface area (Å²) in [5.74, 6) is -0.436. The standard InChI is InChI=1S/C18H18FNO2/c19-16-8-6-14(7-9-16)15-10-18(20,11-15)17(21)22-12-13-4-2-1-3-5-13/h1-9,15H,10-12,20H2. The molecule has 0 heterocycles. The largest absolute Gasteiger partial charge is 0.459 e. The van der Waals surface area contributed by atoms with Crippen LogP contribution in [0.2, 0.25) is 0 Å². The maximum absolute atomic E-state index is 12.9. The van der Waals surface area contributed by atoms with Crippen LogP contribution in [0, 0.1) is 5.82 Å². The number of rotatable bonds is 4. The van der Waals surface area contributed by atoms with Gasteiger partial charge in [-0.15, -0.1) is 0 Å². The van der Waals surface area contributed by atoms with Gasteiger partial charge in [-0.1, -0.05) is 42.5 Å². The summed E-state index contributed by atoms with van der Waals surface area (Å²) in [4.78, 5) is 12.1. The van der Waals surface area contributed by atoms with E-state index in [1.165, 1.54) is 12.1 Å². The van der Waals surface area contributed by atoms with Gasteiger partial charge >= 0.3 is 5.97 Å². The van der Waals surface area contributed by atoms with Gasteiger partial charge in [0.25, 0.3) is 0 Å². The van der Waals surface area contributed by atoms with Crippen LogP contribution in [0.25, 0.3) is 0 Å². The predicted octanol–water partition coefficient (Wildman–Crippen LogP) is 3.14. The van der Waals surface area contributed by atoms with Crippen LogP contribution in [-0.2, 0) is 16.1 Å². The summed E-state index contributed by atoms with van der Waals surface area (Å²) in [7, 11) is 0. The summed E-state index contributed by atoms with van der Waals surface area (Å²) in [6, 6.07) is 15.9. The molecule has 2 aromatic carbocycles. The summed E-state index contributed by atoms with van der Waals surface area (Å²) in [6.07, 6.45) is 1.07. The Balaban J connectivity index is 1.55. The molecule has 2 aromatic rings. The minimum absolute atomic E-state index is 0.190. The van der Waals surface area contributed by atoms with E-state index in [-0.39, 0.29) is 24.3 Å². The molecule has 1 aliphatic rings. The molecule has 0 aromatic heterocycles. The topological polar surface area (TPSA) is 52.3 Å². The van der Waals surface area contributed by atoms with E-state index in [0.717, 1.165) is 11.1 Å². The van der Waals surface area contributed by atoms with E-state index in [1.54, 1.807) is 12.1 Å². The molecule has 0 spiro atoms. The molecule has 0 unspecified atom stereocenters. The number of hydrogen-bond acceptors (Lipinski definition) is 3. The van der Waals surface area contributed by atoms with E-state index < -0.39 is 5.54 Å². The van der Waals surface area contributed by atoms with Crippen LogP contribution < -0.4 is 5.73 Å². The SMILES string of the molecule is NC1(C(=O)OCc2ccccc2)CC(c2ccc(F)cc2)C1. The van der Waals surface area contributed by atoms with Crippen molar-refractivity contribution in [2.24, 2.45) is 5.73 Å². The van der Waals surface area contributed by atoms with Crippen molar-refractivity contribution in [3.05, 3.63) is 71.5 Å². The Bertz CT molecular complexity index is 649. The molecule has 22 heavy (non-hydrogen) atoms. The number of nitrogens with two attached hydrogens (primary N) is 1. The van der Waals surface area contributed by atoms with Crippen LogP contribution in [0.15, 0.2) is 54.6 Å². The summed E-state index contributed by atoms with van der Waals surface area (Å²) in [5, 5.41) is 0. The lowest BCUT2D eigenvalue weighted by Crippen LogP contribution is -2.57. The van der Waals surface area contributed by atoms with Crippen LogP contribution in [0.4, 0.5) is 4.39 Å². The molecule has 3 nitrogen and oxygen atoms in total. The van der Waals surface area contributed by atoms with Gasteiger partial charge < -0.3 is 10.5 Å². The van der Waals surface area contributed by atoms with Crippen molar-refractivity contribution in [3.8, 4) is 0 Å². The molecular weight excluding hydrogens is 281 g/mol. The first kappa shape index (κ1) is 14.7. The van der Waals surface area contributed by atoms with E-state index in [0.29, 0.717) is 12.8 Å². The average Bonchev–Trinajstić information content (AvgIpc) is 2.51. The summed E-state index contributed by atoms with van der Waals surface area (Å²) >= 11 is 0. The van der Waals surface area contributed by atoms with Gasteiger partial charge in [-0.2, -0.15) is 0 Å².